The van der Waals surface area contributed by atoms with Gasteiger partial charge in [0.05, 0.1) is 13.6 Å². The molecule has 0 spiro atoms. The van der Waals surface area contributed by atoms with E-state index in [0.717, 1.165) is 13.0 Å². The van der Waals surface area contributed by atoms with Crippen LogP contribution in [0, 0.1) is 0 Å². The Morgan fingerprint density at radius 1 is 1.29 bits per heavy atom. The minimum atomic E-state index is 0. The Morgan fingerprint density at radius 2 is 2.00 bits per heavy atom. The van der Waals surface area contributed by atoms with Crippen molar-refractivity contribution in [3.05, 3.63) is 30.1 Å². The number of halogens is 2. The van der Waals surface area contributed by atoms with E-state index in [1.807, 2.05) is 0 Å². The molecule has 4 heteroatoms. The van der Waals surface area contributed by atoms with E-state index in [4.69, 9.17) is 0 Å². The molecule has 0 saturated heterocycles. The summed E-state index contributed by atoms with van der Waals surface area (Å²) in [6.45, 7) is 3.36. The van der Waals surface area contributed by atoms with E-state index in [1.165, 1.54) is 27.7 Å². The molecule has 0 aliphatic carbocycles. The summed E-state index contributed by atoms with van der Waals surface area (Å²) < 4.78 is 6.01. The Kier molecular flexibility index (Phi) is 6.19. The maximum atomic E-state index is 2.47. The summed E-state index contributed by atoms with van der Waals surface area (Å²) in [5.74, 6) is 1.42. The lowest BCUT2D eigenvalue weighted by Crippen LogP contribution is -3.00. The van der Waals surface area contributed by atoms with E-state index >= 15 is 0 Å². The molecule has 0 N–H and O–H groups in total. The number of alkyl halides is 1. The molecule has 17 heavy (non-hydrogen) atoms. The molecule has 0 radical (unpaired) electrons. The summed E-state index contributed by atoms with van der Waals surface area (Å²) in [5.41, 5.74) is 2.71. The Morgan fingerprint density at radius 3 is 2.65 bits per heavy atom. The van der Waals surface area contributed by atoms with Crippen LogP contribution >= 0.6 is 22.6 Å². The van der Waals surface area contributed by atoms with Gasteiger partial charge in [-0.15, -0.1) is 0 Å². The first-order valence-electron chi connectivity index (χ1n) is 5.81. The molecule has 0 saturated carbocycles. The molecule has 0 unspecified atom stereocenters. The van der Waals surface area contributed by atoms with Crippen LogP contribution in [-0.4, -0.2) is 8.99 Å². The van der Waals surface area contributed by atoms with Crippen LogP contribution in [0.5, 0.6) is 0 Å². The standard InChI is InChI=1S/C13H18IN2.HI/c1-3-13-15(2)11-7-4-5-8-12(11)16(13)10-6-9-14;/h4-5,7-8H,3,6,9-10H2,1-2H3;1H/q+1;/p-1. The molecule has 0 amide bonds. The fourth-order valence-corrected chi connectivity index (χ4v) is 2.67. The van der Waals surface area contributed by atoms with Crippen molar-refractivity contribution in [3.63, 3.8) is 0 Å². The first-order valence-corrected chi connectivity index (χ1v) is 7.34. The van der Waals surface area contributed by atoms with Crippen LogP contribution < -0.4 is 28.5 Å². The lowest BCUT2D eigenvalue weighted by Gasteiger charge is -1.99. The molecule has 0 aliphatic rings. The van der Waals surface area contributed by atoms with Gasteiger partial charge in [0, 0.05) is 10.8 Å². The van der Waals surface area contributed by atoms with Crippen LogP contribution in [0.3, 0.4) is 0 Å². The normalized spacial score (nSPS) is 10.5. The van der Waals surface area contributed by atoms with Crippen molar-refractivity contribution in [2.45, 2.75) is 26.3 Å². The van der Waals surface area contributed by atoms with Crippen LogP contribution in [0.1, 0.15) is 19.2 Å². The molecule has 2 nitrogen and oxygen atoms in total. The molecular weight excluding hydrogens is 438 g/mol. The number of para-hydroxylation sites is 2. The van der Waals surface area contributed by atoms with E-state index in [0.29, 0.717) is 0 Å². The van der Waals surface area contributed by atoms with Crippen LogP contribution in [0.2, 0.25) is 0 Å². The number of aromatic nitrogens is 2. The first-order chi connectivity index (χ1) is 7.79. The second kappa shape index (κ2) is 6.92. The minimum Gasteiger partial charge on any atom is -1.00 e. The summed E-state index contributed by atoms with van der Waals surface area (Å²) in [6, 6.07) is 8.67. The highest BCUT2D eigenvalue weighted by molar-refractivity contribution is 14.1. The third-order valence-corrected chi connectivity index (χ3v) is 3.83. The lowest BCUT2D eigenvalue weighted by molar-refractivity contribution is -0.653. The SMILES string of the molecule is CCc1n(CCCI)c2ccccc2[n+]1C.[I-]. The van der Waals surface area contributed by atoms with Crippen molar-refractivity contribution in [1.82, 2.24) is 4.57 Å². The topological polar surface area (TPSA) is 8.81 Å². The van der Waals surface area contributed by atoms with Gasteiger partial charge in [-0.1, -0.05) is 41.6 Å². The number of benzene rings is 1. The lowest BCUT2D eigenvalue weighted by atomic mass is 10.3. The molecule has 1 aromatic heterocycles. The maximum Gasteiger partial charge on any atom is 0.256 e. The molecule has 0 aliphatic heterocycles. The number of rotatable bonds is 4. The molecule has 1 heterocycles. The van der Waals surface area contributed by atoms with Crippen molar-refractivity contribution < 1.29 is 28.5 Å². The van der Waals surface area contributed by atoms with Gasteiger partial charge in [0.15, 0.2) is 11.0 Å². The first kappa shape index (κ1) is 15.2. The Bertz CT molecular complexity index is 491. The van der Waals surface area contributed by atoms with Crippen molar-refractivity contribution in [2.75, 3.05) is 4.43 Å². The van der Waals surface area contributed by atoms with Crippen LogP contribution in [-0.2, 0) is 20.0 Å². The van der Waals surface area contributed by atoms with Crippen molar-refractivity contribution in [2.24, 2.45) is 7.05 Å². The largest absolute Gasteiger partial charge is 1.00 e. The number of imidazole rings is 1. The van der Waals surface area contributed by atoms with Gasteiger partial charge in [-0.25, -0.2) is 9.13 Å². The summed E-state index contributed by atoms with van der Waals surface area (Å²) in [4.78, 5) is 0. The number of hydrogen-bond acceptors (Lipinski definition) is 0. The molecule has 2 aromatic rings. The average Bonchev–Trinajstić information content (AvgIpc) is 2.60. The van der Waals surface area contributed by atoms with E-state index in [-0.39, 0.29) is 24.0 Å². The quantitative estimate of drug-likeness (QED) is 0.344. The van der Waals surface area contributed by atoms with Gasteiger partial charge < -0.3 is 24.0 Å². The highest BCUT2D eigenvalue weighted by Crippen LogP contribution is 2.15. The zero-order valence-corrected chi connectivity index (χ0v) is 14.6. The molecule has 94 valence electrons. The van der Waals surface area contributed by atoms with E-state index in [9.17, 15) is 0 Å². The highest BCUT2D eigenvalue weighted by Gasteiger charge is 2.19. The van der Waals surface area contributed by atoms with Crippen molar-refractivity contribution in [3.8, 4) is 0 Å². The third-order valence-electron chi connectivity index (χ3n) is 3.06. The fourth-order valence-electron chi connectivity index (χ4n) is 2.33. The van der Waals surface area contributed by atoms with Gasteiger partial charge in [0.2, 0.25) is 0 Å². The van der Waals surface area contributed by atoms with E-state index < -0.39 is 0 Å². The Labute approximate surface area is 134 Å². The monoisotopic (exact) mass is 456 g/mol. The van der Waals surface area contributed by atoms with Gasteiger partial charge in [0.25, 0.3) is 5.82 Å². The van der Waals surface area contributed by atoms with Crippen LogP contribution in [0.25, 0.3) is 11.0 Å². The maximum absolute atomic E-state index is 2.47. The predicted octanol–water partition coefficient (Wildman–Crippen LogP) is -0.143. The number of aryl methyl sites for hydroxylation is 2. The van der Waals surface area contributed by atoms with Crippen molar-refractivity contribution in [1.29, 1.82) is 0 Å². The predicted molar refractivity (Wildman–Crippen MR) is 76.0 cm³/mol. The molecular formula is C13H18I2N2. The summed E-state index contributed by atoms with van der Waals surface area (Å²) in [7, 11) is 2.17. The fraction of sp³-hybridized carbons (Fsp3) is 0.462. The molecule has 2 rings (SSSR count). The van der Waals surface area contributed by atoms with Crippen LogP contribution in [0.15, 0.2) is 24.3 Å². The van der Waals surface area contributed by atoms with Gasteiger partial charge >= 0.3 is 0 Å². The van der Waals surface area contributed by atoms with Crippen LogP contribution in [0.4, 0.5) is 0 Å². The molecule has 0 fully saturated rings. The van der Waals surface area contributed by atoms with E-state index in [2.05, 4.69) is 70.0 Å². The van der Waals surface area contributed by atoms with Gasteiger partial charge in [-0.3, -0.25) is 0 Å². The third kappa shape index (κ3) is 2.94. The molecule has 1 aromatic carbocycles. The summed E-state index contributed by atoms with van der Waals surface area (Å²) >= 11 is 2.45. The number of fused-ring (bicyclic) bond motifs is 1. The smallest absolute Gasteiger partial charge is 0.256 e. The number of nitrogens with zero attached hydrogens (tertiary/aromatic N) is 2. The number of hydrogen-bond donors (Lipinski definition) is 0. The zero-order chi connectivity index (χ0) is 11.5. The Balaban J connectivity index is 0.00000144. The van der Waals surface area contributed by atoms with Crippen molar-refractivity contribution >= 4 is 33.6 Å². The zero-order valence-electron chi connectivity index (χ0n) is 10.3. The molecule has 0 bridgehead atoms. The Hall–Kier alpha value is 0.150. The highest BCUT2D eigenvalue weighted by atomic mass is 127. The second-order valence-corrected chi connectivity index (χ2v) is 5.09. The van der Waals surface area contributed by atoms with Gasteiger partial charge in [0.1, 0.15) is 0 Å². The van der Waals surface area contributed by atoms with Gasteiger partial charge in [-0.2, -0.15) is 0 Å². The summed E-state index contributed by atoms with van der Waals surface area (Å²) in [6.07, 6.45) is 2.33. The molecule has 0 atom stereocenters. The second-order valence-electron chi connectivity index (χ2n) is 4.01. The van der Waals surface area contributed by atoms with Gasteiger partial charge in [-0.05, 0) is 18.6 Å². The summed E-state index contributed by atoms with van der Waals surface area (Å²) in [5, 5.41) is 0. The average molecular weight is 456 g/mol. The van der Waals surface area contributed by atoms with E-state index in [1.54, 1.807) is 0 Å². The minimum absolute atomic E-state index is 0.